The number of hydrogen-bond acceptors (Lipinski definition) is 3. The van der Waals surface area contributed by atoms with Crippen LogP contribution in [0.1, 0.15) is 35.3 Å². The van der Waals surface area contributed by atoms with Gasteiger partial charge in [0.15, 0.2) is 0 Å². The van der Waals surface area contributed by atoms with Crippen LogP contribution in [0.5, 0.6) is 11.5 Å². The predicted molar refractivity (Wildman–Crippen MR) is 77.7 cm³/mol. The number of hydrogen-bond donors (Lipinski definition) is 1. The van der Waals surface area contributed by atoms with Gasteiger partial charge in [0.25, 0.3) is 0 Å². The first kappa shape index (κ1) is 15.0. The number of aliphatic hydroxyl groups is 1. The van der Waals surface area contributed by atoms with Crippen LogP contribution >= 0.6 is 0 Å². The zero-order chi connectivity index (χ0) is 15.6. The number of rotatable bonds is 3. The summed E-state index contributed by atoms with van der Waals surface area (Å²) in [6.07, 6.45) is -0.838. The van der Waals surface area contributed by atoms with Crippen LogP contribution in [0.3, 0.4) is 0 Å². The molecule has 0 bridgehead atoms. The second-order valence-corrected chi connectivity index (χ2v) is 5.01. The lowest BCUT2D eigenvalue weighted by atomic mass is 10.1. The molecule has 108 valence electrons. The van der Waals surface area contributed by atoms with E-state index < -0.39 is 11.9 Å². The lowest BCUT2D eigenvalue weighted by molar-refractivity contribution is 0.195. The van der Waals surface area contributed by atoms with Crippen molar-refractivity contribution >= 4 is 0 Å². The third-order valence-corrected chi connectivity index (χ3v) is 3.22. The minimum atomic E-state index is -0.838. The molecule has 2 rings (SSSR count). The maximum Gasteiger partial charge on any atom is 0.133 e. The Bertz CT molecular complexity index is 694. The number of nitrogens with zero attached hydrogens (tertiary/aromatic N) is 1. The van der Waals surface area contributed by atoms with Gasteiger partial charge in [0.05, 0.1) is 17.7 Å². The van der Waals surface area contributed by atoms with E-state index in [1.165, 1.54) is 18.2 Å². The van der Waals surface area contributed by atoms with E-state index in [0.29, 0.717) is 22.6 Å². The fourth-order valence-electron chi connectivity index (χ4n) is 2.22. The SMILES string of the molecule is Cc1cc(C#N)cc(C)c1Oc1ccc(F)cc1[C@@H](C)O. The summed E-state index contributed by atoms with van der Waals surface area (Å²) in [4.78, 5) is 0. The zero-order valence-electron chi connectivity index (χ0n) is 12.1. The molecule has 0 heterocycles. The molecule has 1 N–H and O–H groups in total. The van der Waals surface area contributed by atoms with E-state index in [2.05, 4.69) is 6.07 Å². The molecule has 0 aliphatic heterocycles. The lowest BCUT2D eigenvalue weighted by Crippen LogP contribution is -1.99. The molecule has 0 fully saturated rings. The first-order valence-electron chi connectivity index (χ1n) is 6.59. The van der Waals surface area contributed by atoms with Crippen molar-refractivity contribution in [1.82, 2.24) is 0 Å². The lowest BCUT2D eigenvalue weighted by Gasteiger charge is -2.16. The average molecular weight is 285 g/mol. The fraction of sp³-hybridized carbons (Fsp3) is 0.235. The summed E-state index contributed by atoms with van der Waals surface area (Å²) in [6, 6.07) is 9.59. The molecule has 3 nitrogen and oxygen atoms in total. The van der Waals surface area contributed by atoms with Crippen molar-refractivity contribution in [3.8, 4) is 17.6 Å². The van der Waals surface area contributed by atoms with Gasteiger partial charge in [-0.05, 0) is 62.2 Å². The molecule has 0 amide bonds. The molecule has 0 saturated carbocycles. The Morgan fingerprint density at radius 3 is 2.33 bits per heavy atom. The molecular weight excluding hydrogens is 269 g/mol. The molecular formula is C17H16FNO2. The summed E-state index contributed by atoms with van der Waals surface area (Å²) in [5.74, 6) is 0.594. The number of aliphatic hydroxyl groups excluding tert-OH is 1. The number of benzene rings is 2. The number of nitriles is 1. The minimum absolute atomic E-state index is 0.387. The van der Waals surface area contributed by atoms with E-state index in [-0.39, 0.29) is 0 Å². The van der Waals surface area contributed by atoms with Crippen molar-refractivity contribution in [3.05, 3.63) is 58.4 Å². The maximum atomic E-state index is 13.3. The van der Waals surface area contributed by atoms with Crippen LogP contribution in [0.25, 0.3) is 0 Å². The van der Waals surface area contributed by atoms with Gasteiger partial charge in [0.2, 0.25) is 0 Å². The van der Waals surface area contributed by atoms with Crippen LogP contribution in [-0.2, 0) is 0 Å². The highest BCUT2D eigenvalue weighted by Gasteiger charge is 2.14. The first-order chi connectivity index (χ1) is 9.92. The van der Waals surface area contributed by atoms with E-state index in [9.17, 15) is 9.50 Å². The standard InChI is InChI=1S/C17H16FNO2/c1-10-6-13(9-19)7-11(2)17(10)21-16-5-4-14(18)8-15(16)12(3)20/h4-8,12,20H,1-3H3/t12-/m1/s1. The minimum Gasteiger partial charge on any atom is -0.456 e. The zero-order valence-corrected chi connectivity index (χ0v) is 12.1. The number of halogens is 1. The Morgan fingerprint density at radius 2 is 1.81 bits per heavy atom. The second kappa shape index (κ2) is 5.94. The number of aryl methyl sites for hydroxylation is 2. The van der Waals surface area contributed by atoms with Gasteiger partial charge < -0.3 is 9.84 Å². The number of ether oxygens (including phenoxy) is 1. The van der Waals surface area contributed by atoms with Crippen molar-refractivity contribution in [3.63, 3.8) is 0 Å². The van der Waals surface area contributed by atoms with Crippen LogP contribution in [0, 0.1) is 31.0 Å². The molecule has 0 aliphatic rings. The van der Waals surface area contributed by atoms with E-state index in [4.69, 9.17) is 10.00 Å². The van der Waals surface area contributed by atoms with Crippen LogP contribution < -0.4 is 4.74 Å². The van der Waals surface area contributed by atoms with E-state index in [0.717, 1.165) is 11.1 Å². The highest BCUT2D eigenvalue weighted by Crippen LogP contribution is 2.34. The Kier molecular flexibility index (Phi) is 4.25. The molecule has 0 unspecified atom stereocenters. The second-order valence-electron chi connectivity index (χ2n) is 5.01. The van der Waals surface area contributed by atoms with Gasteiger partial charge >= 0.3 is 0 Å². The van der Waals surface area contributed by atoms with Crippen LogP contribution in [0.2, 0.25) is 0 Å². The van der Waals surface area contributed by atoms with Gasteiger partial charge in [0, 0.05) is 5.56 Å². The summed E-state index contributed by atoms with van der Waals surface area (Å²) >= 11 is 0. The Morgan fingerprint density at radius 1 is 1.19 bits per heavy atom. The van der Waals surface area contributed by atoms with Gasteiger partial charge in [0.1, 0.15) is 17.3 Å². The van der Waals surface area contributed by atoms with Crippen LogP contribution in [0.15, 0.2) is 30.3 Å². The average Bonchev–Trinajstić information content (AvgIpc) is 2.43. The van der Waals surface area contributed by atoms with E-state index in [1.807, 2.05) is 13.8 Å². The smallest absolute Gasteiger partial charge is 0.133 e. The molecule has 2 aromatic rings. The van der Waals surface area contributed by atoms with Gasteiger partial charge in [-0.1, -0.05) is 0 Å². The van der Waals surface area contributed by atoms with E-state index in [1.54, 1.807) is 19.1 Å². The monoisotopic (exact) mass is 285 g/mol. The molecule has 0 aliphatic carbocycles. The summed E-state index contributed by atoms with van der Waals surface area (Å²) in [5, 5.41) is 18.7. The summed E-state index contributed by atoms with van der Waals surface area (Å²) in [6.45, 7) is 5.24. The molecule has 2 aromatic carbocycles. The summed E-state index contributed by atoms with van der Waals surface area (Å²) in [5.41, 5.74) is 2.57. The summed E-state index contributed by atoms with van der Waals surface area (Å²) < 4.78 is 19.2. The first-order valence-corrected chi connectivity index (χ1v) is 6.59. The quantitative estimate of drug-likeness (QED) is 0.921. The molecule has 0 radical (unpaired) electrons. The highest BCUT2D eigenvalue weighted by atomic mass is 19.1. The Labute approximate surface area is 123 Å². The molecule has 0 saturated heterocycles. The van der Waals surface area contributed by atoms with E-state index >= 15 is 0 Å². The van der Waals surface area contributed by atoms with Gasteiger partial charge in [-0.2, -0.15) is 5.26 Å². The van der Waals surface area contributed by atoms with Gasteiger partial charge in [-0.15, -0.1) is 0 Å². The largest absolute Gasteiger partial charge is 0.456 e. The third kappa shape index (κ3) is 3.21. The Hall–Kier alpha value is -2.38. The fourth-order valence-corrected chi connectivity index (χ4v) is 2.22. The molecule has 1 atom stereocenters. The predicted octanol–water partition coefficient (Wildman–Crippen LogP) is 4.16. The van der Waals surface area contributed by atoms with Crippen molar-refractivity contribution in [1.29, 1.82) is 5.26 Å². The van der Waals surface area contributed by atoms with Crippen LogP contribution in [-0.4, -0.2) is 5.11 Å². The molecule has 0 spiro atoms. The third-order valence-electron chi connectivity index (χ3n) is 3.22. The van der Waals surface area contributed by atoms with Crippen molar-refractivity contribution in [2.24, 2.45) is 0 Å². The molecule has 21 heavy (non-hydrogen) atoms. The van der Waals surface area contributed by atoms with Crippen molar-refractivity contribution in [2.75, 3.05) is 0 Å². The summed E-state index contributed by atoms with van der Waals surface area (Å²) in [7, 11) is 0. The van der Waals surface area contributed by atoms with Crippen molar-refractivity contribution in [2.45, 2.75) is 26.9 Å². The molecule has 4 heteroatoms. The topological polar surface area (TPSA) is 53.2 Å². The van der Waals surface area contributed by atoms with Gasteiger partial charge in [-0.25, -0.2) is 4.39 Å². The highest BCUT2D eigenvalue weighted by molar-refractivity contribution is 5.50. The molecule has 0 aromatic heterocycles. The maximum absolute atomic E-state index is 13.3. The van der Waals surface area contributed by atoms with Gasteiger partial charge in [-0.3, -0.25) is 0 Å². The normalized spacial score (nSPS) is 11.8. The van der Waals surface area contributed by atoms with Crippen molar-refractivity contribution < 1.29 is 14.2 Å². The van der Waals surface area contributed by atoms with Crippen LogP contribution in [0.4, 0.5) is 4.39 Å². The Balaban J connectivity index is 2.46.